The molecule has 15 heavy (non-hydrogen) atoms. The Bertz CT molecular complexity index is 317. The summed E-state index contributed by atoms with van der Waals surface area (Å²) in [5, 5.41) is 10.9. The van der Waals surface area contributed by atoms with Gasteiger partial charge in [-0.3, -0.25) is 0 Å². The van der Waals surface area contributed by atoms with Crippen molar-refractivity contribution in [3.8, 4) is 0 Å². The van der Waals surface area contributed by atoms with Crippen LogP contribution in [0.2, 0.25) is 0 Å². The Labute approximate surface area is 92.7 Å². The predicted octanol–water partition coefficient (Wildman–Crippen LogP) is 2.17. The molecule has 0 bridgehead atoms. The molecule has 2 rings (SSSR count). The first kappa shape index (κ1) is 10.6. The number of carbonyl (C=O) groups is 1. The van der Waals surface area contributed by atoms with Gasteiger partial charge in [0.1, 0.15) is 0 Å². The average Bonchev–Trinajstić information content (AvgIpc) is 2.89. The normalized spacial score (nSPS) is 17.6. The van der Waals surface area contributed by atoms with Gasteiger partial charge < -0.3 is 9.84 Å². The topological polar surface area (TPSA) is 46.5 Å². The second-order valence-corrected chi connectivity index (χ2v) is 4.83. The molecule has 1 heterocycles. The minimum atomic E-state index is -0.816. The maximum Gasteiger partial charge on any atom is 0.333 e. The fraction of sp³-hybridized carbons (Fsp3) is 0.545. The summed E-state index contributed by atoms with van der Waals surface area (Å²) in [6.07, 6.45) is 2.23. The van der Waals surface area contributed by atoms with E-state index in [0.717, 1.165) is 19.3 Å². The van der Waals surface area contributed by atoms with E-state index in [0.29, 0.717) is 6.61 Å². The lowest BCUT2D eigenvalue weighted by atomic mass is 10.2. The van der Waals surface area contributed by atoms with Gasteiger partial charge in [-0.1, -0.05) is 6.07 Å². The van der Waals surface area contributed by atoms with Crippen LogP contribution < -0.4 is 0 Å². The van der Waals surface area contributed by atoms with Crippen LogP contribution in [0.3, 0.4) is 0 Å². The molecule has 82 valence electrons. The van der Waals surface area contributed by atoms with Crippen LogP contribution in [0.5, 0.6) is 0 Å². The van der Waals surface area contributed by atoms with Crippen LogP contribution in [0.4, 0.5) is 0 Å². The summed E-state index contributed by atoms with van der Waals surface area (Å²) in [5.74, 6) is -0.561. The fourth-order valence-corrected chi connectivity index (χ4v) is 2.24. The highest BCUT2D eigenvalue weighted by Gasteiger charge is 2.36. The second-order valence-electron chi connectivity index (χ2n) is 3.80. The molecule has 3 nitrogen and oxygen atoms in total. The summed E-state index contributed by atoms with van der Waals surface area (Å²) in [6.45, 7) is 0.508. The van der Waals surface area contributed by atoms with Crippen LogP contribution in [0, 0.1) is 5.92 Å². The number of thiophene rings is 1. The first-order valence-electron chi connectivity index (χ1n) is 5.14. The Hall–Kier alpha value is -0.870. The molecule has 0 amide bonds. The number of hydrogen-bond acceptors (Lipinski definition) is 3. The molecule has 1 aromatic rings. The first-order valence-corrected chi connectivity index (χ1v) is 6.02. The van der Waals surface area contributed by atoms with Gasteiger partial charge in [0.15, 0.2) is 6.10 Å². The molecule has 4 heteroatoms. The van der Waals surface area contributed by atoms with E-state index in [1.54, 1.807) is 11.3 Å². The Morgan fingerprint density at radius 2 is 2.47 bits per heavy atom. The molecule has 0 aromatic carbocycles. The fourth-order valence-electron chi connectivity index (χ4n) is 1.55. The van der Waals surface area contributed by atoms with Crippen molar-refractivity contribution in [1.29, 1.82) is 0 Å². The van der Waals surface area contributed by atoms with Gasteiger partial charge in [0.05, 0.1) is 6.61 Å². The number of carboxylic acids is 1. The van der Waals surface area contributed by atoms with Crippen molar-refractivity contribution in [2.24, 2.45) is 5.92 Å². The van der Waals surface area contributed by atoms with E-state index < -0.39 is 12.1 Å². The summed E-state index contributed by atoms with van der Waals surface area (Å²) in [6, 6.07) is 4.04. The van der Waals surface area contributed by atoms with Gasteiger partial charge in [0, 0.05) is 11.3 Å². The average molecular weight is 226 g/mol. The smallest absolute Gasteiger partial charge is 0.333 e. The SMILES string of the molecule is O=C(O)C(OCCc1cccs1)C1CC1. The predicted molar refractivity (Wildman–Crippen MR) is 58.1 cm³/mol. The van der Waals surface area contributed by atoms with Crippen LogP contribution in [-0.2, 0) is 16.0 Å². The molecule has 1 aliphatic carbocycles. The highest BCUT2D eigenvalue weighted by molar-refractivity contribution is 7.09. The zero-order valence-electron chi connectivity index (χ0n) is 8.39. The van der Waals surface area contributed by atoms with Crippen LogP contribution in [0.15, 0.2) is 17.5 Å². The van der Waals surface area contributed by atoms with E-state index in [9.17, 15) is 4.79 Å². The number of hydrogen-bond donors (Lipinski definition) is 1. The van der Waals surface area contributed by atoms with Crippen molar-refractivity contribution < 1.29 is 14.6 Å². The zero-order valence-corrected chi connectivity index (χ0v) is 9.20. The number of rotatable bonds is 6. The van der Waals surface area contributed by atoms with Crippen molar-refractivity contribution in [2.75, 3.05) is 6.61 Å². The summed E-state index contributed by atoms with van der Waals surface area (Å²) in [7, 11) is 0. The minimum absolute atomic E-state index is 0.255. The molecular formula is C11H14O3S. The Morgan fingerprint density at radius 1 is 1.67 bits per heavy atom. The molecule has 1 atom stereocenters. The van der Waals surface area contributed by atoms with Gasteiger partial charge in [-0.25, -0.2) is 4.79 Å². The first-order chi connectivity index (χ1) is 7.27. The largest absolute Gasteiger partial charge is 0.479 e. The maximum absolute atomic E-state index is 10.9. The van der Waals surface area contributed by atoms with Gasteiger partial charge in [-0.05, 0) is 30.2 Å². The summed E-state index contributed by atoms with van der Waals surface area (Å²) in [4.78, 5) is 12.1. The second kappa shape index (κ2) is 4.77. The number of ether oxygens (including phenoxy) is 1. The molecule has 0 radical (unpaired) electrons. The highest BCUT2D eigenvalue weighted by Crippen LogP contribution is 2.34. The molecule has 0 spiro atoms. The van der Waals surface area contributed by atoms with Crippen LogP contribution in [0.1, 0.15) is 17.7 Å². The van der Waals surface area contributed by atoms with Gasteiger partial charge in [-0.2, -0.15) is 0 Å². The Kier molecular flexibility index (Phi) is 3.38. The van der Waals surface area contributed by atoms with Gasteiger partial charge in [-0.15, -0.1) is 11.3 Å². The molecule has 1 aromatic heterocycles. The van der Waals surface area contributed by atoms with E-state index >= 15 is 0 Å². The third kappa shape index (κ3) is 3.04. The number of carboxylic acid groups (broad SMARTS) is 1. The van der Waals surface area contributed by atoms with Crippen LogP contribution in [0.25, 0.3) is 0 Å². The Morgan fingerprint density at radius 3 is 3.00 bits per heavy atom. The third-order valence-corrected chi connectivity index (χ3v) is 3.46. The maximum atomic E-state index is 10.9. The van der Waals surface area contributed by atoms with E-state index in [4.69, 9.17) is 9.84 Å². The van der Waals surface area contributed by atoms with Gasteiger partial charge >= 0.3 is 5.97 Å². The molecule has 1 aliphatic rings. The Balaban J connectivity index is 1.74. The van der Waals surface area contributed by atoms with Crippen LogP contribution >= 0.6 is 11.3 Å². The standard InChI is InChI=1S/C11H14O3S/c12-11(13)10(8-3-4-8)14-6-5-9-2-1-7-15-9/h1-2,7-8,10H,3-6H2,(H,12,13). The molecule has 1 saturated carbocycles. The van der Waals surface area contributed by atoms with E-state index in [1.807, 2.05) is 17.5 Å². The monoisotopic (exact) mass is 226 g/mol. The molecule has 0 aliphatic heterocycles. The number of aliphatic carboxylic acids is 1. The van der Waals surface area contributed by atoms with Crippen molar-refractivity contribution in [2.45, 2.75) is 25.4 Å². The van der Waals surface area contributed by atoms with E-state index in [2.05, 4.69) is 0 Å². The molecule has 1 fully saturated rings. The summed E-state index contributed by atoms with van der Waals surface area (Å²) < 4.78 is 5.41. The van der Waals surface area contributed by atoms with Crippen molar-refractivity contribution in [3.05, 3.63) is 22.4 Å². The molecule has 1 unspecified atom stereocenters. The summed E-state index contributed by atoms with van der Waals surface area (Å²) in [5.41, 5.74) is 0. The molecular weight excluding hydrogens is 212 g/mol. The summed E-state index contributed by atoms with van der Waals surface area (Å²) >= 11 is 1.68. The van der Waals surface area contributed by atoms with Crippen molar-refractivity contribution in [1.82, 2.24) is 0 Å². The quantitative estimate of drug-likeness (QED) is 0.808. The lowest BCUT2D eigenvalue weighted by molar-refractivity contribution is -0.151. The highest BCUT2D eigenvalue weighted by atomic mass is 32.1. The van der Waals surface area contributed by atoms with E-state index in [1.165, 1.54) is 4.88 Å². The lowest BCUT2D eigenvalue weighted by Crippen LogP contribution is -2.26. The van der Waals surface area contributed by atoms with Crippen LogP contribution in [-0.4, -0.2) is 23.8 Å². The van der Waals surface area contributed by atoms with Gasteiger partial charge in [0.2, 0.25) is 0 Å². The van der Waals surface area contributed by atoms with Crippen molar-refractivity contribution in [3.63, 3.8) is 0 Å². The molecule has 1 N–H and O–H groups in total. The van der Waals surface area contributed by atoms with E-state index in [-0.39, 0.29) is 5.92 Å². The lowest BCUT2D eigenvalue weighted by Gasteiger charge is -2.11. The minimum Gasteiger partial charge on any atom is -0.479 e. The third-order valence-electron chi connectivity index (χ3n) is 2.52. The van der Waals surface area contributed by atoms with Gasteiger partial charge in [0.25, 0.3) is 0 Å². The molecule has 0 saturated heterocycles. The van der Waals surface area contributed by atoms with Crippen molar-refractivity contribution >= 4 is 17.3 Å². The zero-order chi connectivity index (χ0) is 10.7.